The summed E-state index contributed by atoms with van der Waals surface area (Å²) in [5.41, 5.74) is 3.74. The van der Waals surface area contributed by atoms with Gasteiger partial charge in [-0.05, 0) is 54.1 Å². The first-order chi connectivity index (χ1) is 15.1. The summed E-state index contributed by atoms with van der Waals surface area (Å²) in [4.78, 5) is 31.1. The monoisotopic (exact) mass is 431 g/mol. The molecule has 0 saturated carbocycles. The highest BCUT2D eigenvalue weighted by Gasteiger charge is 2.39. The third-order valence-electron chi connectivity index (χ3n) is 5.25. The molecule has 1 N–H and O–H groups in total. The van der Waals surface area contributed by atoms with E-state index in [2.05, 4.69) is 10.3 Å². The number of carbonyl (C=O) groups is 2. The van der Waals surface area contributed by atoms with Gasteiger partial charge in [-0.1, -0.05) is 35.9 Å². The molecule has 2 heterocycles. The minimum Gasteiger partial charge on any atom is -0.436 e. The molecule has 1 aromatic heterocycles. The molecular formula is C24H18ClN3O3. The second-order valence-electron chi connectivity index (χ2n) is 7.37. The fraction of sp³-hybridized carbons (Fsp3) is 0.125. The maximum Gasteiger partial charge on any atom is 0.251 e. The van der Waals surface area contributed by atoms with Gasteiger partial charge in [-0.15, -0.1) is 0 Å². The molecule has 1 aliphatic rings. The number of rotatable bonds is 5. The summed E-state index contributed by atoms with van der Waals surface area (Å²) in [7, 11) is 0. The molecule has 1 saturated heterocycles. The first-order valence-electron chi connectivity index (χ1n) is 9.89. The second kappa shape index (κ2) is 7.98. The van der Waals surface area contributed by atoms with Crippen molar-refractivity contribution in [3.05, 3.63) is 83.4 Å². The number of imide groups is 1. The summed E-state index contributed by atoms with van der Waals surface area (Å²) >= 11 is 6.01. The Bertz CT molecular complexity index is 1250. The van der Waals surface area contributed by atoms with Crippen LogP contribution in [-0.4, -0.2) is 22.8 Å². The average molecular weight is 432 g/mol. The van der Waals surface area contributed by atoms with Crippen molar-refractivity contribution in [3.8, 4) is 11.5 Å². The summed E-state index contributed by atoms with van der Waals surface area (Å²) < 4.78 is 5.78. The molecule has 4 aromatic rings. The predicted octanol–water partition coefficient (Wildman–Crippen LogP) is 4.57. The van der Waals surface area contributed by atoms with Crippen LogP contribution in [0, 0.1) is 0 Å². The van der Waals surface area contributed by atoms with Crippen LogP contribution in [0.1, 0.15) is 12.0 Å². The summed E-state index contributed by atoms with van der Waals surface area (Å²) in [5.74, 6) is -0.00210. The van der Waals surface area contributed by atoms with Gasteiger partial charge >= 0.3 is 0 Å². The first-order valence-corrected chi connectivity index (χ1v) is 10.3. The average Bonchev–Trinajstić information content (AvgIpc) is 3.33. The van der Waals surface area contributed by atoms with E-state index in [9.17, 15) is 9.59 Å². The molecule has 0 bridgehead atoms. The topological polar surface area (TPSA) is 75.4 Å². The van der Waals surface area contributed by atoms with Gasteiger partial charge in [0.15, 0.2) is 5.58 Å². The Morgan fingerprint density at radius 1 is 1.03 bits per heavy atom. The minimum absolute atomic E-state index is 0.117. The number of nitrogens with zero attached hydrogens (tertiary/aromatic N) is 2. The van der Waals surface area contributed by atoms with Crippen molar-refractivity contribution in [1.29, 1.82) is 0 Å². The fourth-order valence-corrected chi connectivity index (χ4v) is 3.91. The zero-order chi connectivity index (χ0) is 21.4. The highest BCUT2D eigenvalue weighted by molar-refractivity contribution is 6.30. The van der Waals surface area contributed by atoms with Crippen LogP contribution in [0.15, 0.2) is 77.2 Å². The molecule has 0 radical (unpaired) electrons. The molecule has 31 heavy (non-hydrogen) atoms. The Balaban J connectivity index is 1.31. The molecule has 1 fully saturated rings. The predicted molar refractivity (Wildman–Crippen MR) is 119 cm³/mol. The molecule has 5 rings (SSSR count). The van der Waals surface area contributed by atoms with Crippen molar-refractivity contribution < 1.29 is 14.0 Å². The zero-order valence-corrected chi connectivity index (χ0v) is 17.2. The third-order valence-corrected chi connectivity index (χ3v) is 5.49. The number of oxazole rings is 1. The van der Waals surface area contributed by atoms with Crippen LogP contribution in [-0.2, 0) is 16.1 Å². The number of fused-ring (bicyclic) bond motifs is 1. The van der Waals surface area contributed by atoms with Gasteiger partial charge in [0, 0.05) is 17.1 Å². The number of anilines is 1. The van der Waals surface area contributed by atoms with Crippen molar-refractivity contribution >= 4 is 40.2 Å². The quantitative estimate of drug-likeness (QED) is 0.468. The molecule has 1 atom stereocenters. The number of benzene rings is 3. The lowest BCUT2D eigenvalue weighted by atomic mass is 10.2. The smallest absolute Gasteiger partial charge is 0.251 e. The Labute approximate surface area is 183 Å². The van der Waals surface area contributed by atoms with Gasteiger partial charge < -0.3 is 9.73 Å². The molecule has 6 nitrogen and oxygen atoms in total. The van der Waals surface area contributed by atoms with E-state index in [0.717, 1.165) is 16.6 Å². The van der Waals surface area contributed by atoms with Crippen molar-refractivity contribution in [1.82, 2.24) is 10.3 Å². The van der Waals surface area contributed by atoms with Gasteiger partial charge in [0.25, 0.3) is 5.91 Å². The number of hydrogen-bond acceptors (Lipinski definition) is 5. The van der Waals surface area contributed by atoms with Gasteiger partial charge in [-0.2, -0.15) is 0 Å². The number of halogens is 1. The molecular weight excluding hydrogens is 414 g/mol. The van der Waals surface area contributed by atoms with Crippen LogP contribution < -0.4 is 10.2 Å². The largest absolute Gasteiger partial charge is 0.436 e. The van der Waals surface area contributed by atoms with E-state index in [1.54, 1.807) is 30.3 Å². The van der Waals surface area contributed by atoms with Crippen molar-refractivity contribution in [2.45, 2.75) is 19.0 Å². The van der Waals surface area contributed by atoms with Gasteiger partial charge in [0.1, 0.15) is 5.52 Å². The number of amides is 2. The van der Waals surface area contributed by atoms with E-state index in [0.29, 0.717) is 28.7 Å². The second-order valence-corrected chi connectivity index (χ2v) is 7.80. The van der Waals surface area contributed by atoms with Crippen LogP contribution in [0.5, 0.6) is 0 Å². The standard InChI is InChI=1S/C24H18ClN3O3/c25-17-5-3-4-15(12-17)14-26-20-13-22(29)28(24(20)30)18-10-8-16(9-11-18)23-27-19-6-1-2-7-21(19)31-23/h1-12,20,26H,13-14H2. The van der Waals surface area contributed by atoms with E-state index in [-0.39, 0.29) is 18.2 Å². The highest BCUT2D eigenvalue weighted by atomic mass is 35.5. The Morgan fingerprint density at radius 2 is 1.84 bits per heavy atom. The molecule has 1 unspecified atom stereocenters. The number of nitrogens with one attached hydrogen (secondary N) is 1. The maximum atomic E-state index is 12.9. The lowest BCUT2D eigenvalue weighted by Gasteiger charge is -2.16. The molecule has 2 amide bonds. The first kappa shape index (κ1) is 19.5. The van der Waals surface area contributed by atoms with Crippen LogP contribution in [0.2, 0.25) is 5.02 Å². The van der Waals surface area contributed by atoms with Gasteiger partial charge in [-0.25, -0.2) is 9.88 Å². The molecule has 7 heteroatoms. The lowest BCUT2D eigenvalue weighted by molar-refractivity contribution is -0.121. The van der Waals surface area contributed by atoms with Crippen LogP contribution in [0.4, 0.5) is 5.69 Å². The zero-order valence-electron chi connectivity index (χ0n) is 16.4. The normalized spacial score (nSPS) is 16.4. The summed E-state index contributed by atoms with van der Waals surface area (Å²) in [6.07, 6.45) is 0.117. The molecule has 0 aliphatic carbocycles. The van der Waals surface area contributed by atoms with Crippen LogP contribution >= 0.6 is 11.6 Å². The molecule has 0 spiro atoms. The van der Waals surface area contributed by atoms with Gasteiger partial charge in [0.05, 0.1) is 18.2 Å². The lowest BCUT2D eigenvalue weighted by Crippen LogP contribution is -2.38. The third kappa shape index (κ3) is 3.83. The Kier molecular flexibility index (Phi) is 5.02. The van der Waals surface area contributed by atoms with Gasteiger partial charge in [0.2, 0.25) is 11.8 Å². The molecule has 154 valence electrons. The Morgan fingerprint density at radius 3 is 2.61 bits per heavy atom. The van der Waals surface area contributed by atoms with E-state index < -0.39 is 6.04 Å². The number of aromatic nitrogens is 1. The van der Waals surface area contributed by atoms with E-state index >= 15 is 0 Å². The van der Waals surface area contributed by atoms with E-state index in [4.69, 9.17) is 16.0 Å². The highest BCUT2D eigenvalue weighted by Crippen LogP contribution is 2.28. The van der Waals surface area contributed by atoms with E-state index in [1.165, 1.54) is 4.90 Å². The van der Waals surface area contributed by atoms with Crippen LogP contribution in [0.25, 0.3) is 22.6 Å². The maximum absolute atomic E-state index is 12.9. The molecule has 1 aliphatic heterocycles. The van der Waals surface area contributed by atoms with Crippen molar-refractivity contribution in [3.63, 3.8) is 0 Å². The van der Waals surface area contributed by atoms with E-state index in [1.807, 2.05) is 42.5 Å². The summed E-state index contributed by atoms with van der Waals surface area (Å²) in [6, 6.07) is 21.4. The number of carbonyl (C=O) groups excluding carboxylic acids is 2. The minimum atomic E-state index is -0.566. The fourth-order valence-electron chi connectivity index (χ4n) is 3.70. The Hall–Kier alpha value is -3.48. The summed E-state index contributed by atoms with van der Waals surface area (Å²) in [6.45, 7) is 0.453. The van der Waals surface area contributed by atoms with Gasteiger partial charge in [-0.3, -0.25) is 9.59 Å². The molecule has 3 aromatic carbocycles. The SMILES string of the molecule is O=C1CC(NCc2cccc(Cl)c2)C(=O)N1c1ccc(-c2nc3ccccc3o2)cc1. The van der Waals surface area contributed by atoms with Crippen molar-refractivity contribution in [2.75, 3.05) is 4.90 Å². The number of para-hydroxylation sites is 2. The van der Waals surface area contributed by atoms with Crippen LogP contribution in [0.3, 0.4) is 0 Å². The summed E-state index contributed by atoms with van der Waals surface area (Å²) in [5, 5.41) is 3.79. The van der Waals surface area contributed by atoms with Crippen molar-refractivity contribution in [2.24, 2.45) is 0 Å². The number of hydrogen-bond donors (Lipinski definition) is 1.